The van der Waals surface area contributed by atoms with Crippen LogP contribution in [0.3, 0.4) is 0 Å². The number of anilines is 2. The maximum Gasteiger partial charge on any atom is 0.256 e. The Labute approximate surface area is 220 Å². The number of hydrogen-bond acceptors (Lipinski definition) is 5. The predicted octanol–water partition coefficient (Wildman–Crippen LogP) is 4.08. The van der Waals surface area contributed by atoms with E-state index in [0.29, 0.717) is 23.5 Å². The van der Waals surface area contributed by atoms with Crippen LogP contribution >= 0.6 is 0 Å². The van der Waals surface area contributed by atoms with Gasteiger partial charge in [0.05, 0.1) is 16.7 Å². The lowest BCUT2D eigenvalue weighted by Gasteiger charge is -2.14. The minimum absolute atomic E-state index is 0.0944. The summed E-state index contributed by atoms with van der Waals surface area (Å²) in [7, 11) is 0. The van der Waals surface area contributed by atoms with Crippen molar-refractivity contribution >= 4 is 45.9 Å². The van der Waals surface area contributed by atoms with Crippen molar-refractivity contribution in [1.29, 1.82) is 0 Å². The smallest absolute Gasteiger partial charge is 0.256 e. The van der Waals surface area contributed by atoms with Crippen LogP contribution < -0.4 is 16.4 Å². The van der Waals surface area contributed by atoms with Crippen LogP contribution in [-0.4, -0.2) is 58.1 Å². The molecule has 2 aromatic carbocycles. The van der Waals surface area contributed by atoms with Crippen molar-refractivity contribution in [3.63, 3.8) is 0 Å². The molecule has 9 nitrogen and oxygen atoms in total. The summed E-state index contributed by atoms with van der Waals surface area (Å²) in [6, 6.07) is 11.7. The Bertz CT molecular complexity index is 1600. The number of H-pyrrole nitrogens is 2. The number of aromatic nitrogens is 3. The first-order chi connectivity index (χ1) is 18.4. The summed E-state index contributed by atoms with van der Waals surface area (Å²) in [5.41, 5.74) is 13.8. The monoisotopic (exact) mass is 509 g/mol. The van der Waals surface area contributed by atoms with Gasteiger partial charge in [0.2, 0.25) is 0 Å². The third-order valence-corrected chi connectivity index (χ3v) is 7.63. The van der Waals surface area contributed by atoms with Gasteiger partial charge in [0, 0.05) is 41.1 Å². The summed E-state index contributed by atoms with van der Waals surface area (Å²) in [5.74, 6) is 0.158. The van der Waals surface area contributed by atoms with Gasteiger partial charge in [-0.2, -0.15) is 5.10 Å². The number of nitrogens with zero attached hydrogens (tertiary/aromatic N) is 2. The number of amides is 2. The molecule has 0 radical (unpaired) electrons. The average Bonchev–Trinajstić information content (AvgIpc) is 3.67. The molecule has 2 aliphatic heterocycles. The Morgan fingerprint density at radius 3 is 2.82 bits per heavy atom. The average molecular weight is 510 g/mol. The molecular formula is C29H31N7O2. The third kappa shape index (κ3) is 4.14. The molecule has 0 bridgehead atoms. The van der Waals surface area contributed by atoms with E-state index in [1.807, 2.05) is 56.3 Å². The van der Waals surface area contributed by atoms with Crippen LogP contribution in [-0.2, 0) is 4.79 Å². The number of nitrogen functional groups attached to an aromatic ring is 1. The Kier molecular flexibility index (Phi) is 6.00. The number of carbonyl (C=O) groups excluding carboxylic acids is 2. The Morgan fingerprint density at radius 1 is 1.18 bits per heavy atom. The van der Waals surface area contributed by atoms with Crippen molar-refractivity contribution in [3.05, 3.63) is 64.5 Å². The molecule has 2 aromatic heterocycles. The fourth-order valence-electron chi connectivity index (χ4n) is 5.66. The molecule has 0 aliphatic carbocycles. The third-order valence-electron chi connectivity index (χ3n) is 7.63. The Hall–Kier alpha value is -4.37. The van der Waals surface area contributed by atoms with Gasteiger partial charge in [0.25, 0.3) is 11.8 Å². The normalized spacial score (nSPS) is 16.4. The lowest BCUT2D eigenvalue weighted by molar-refractivity contribution is -0.110. The molecule has 0 unspecified atom stereocenters. The highest BCUT2D eigenvalue weighted by molar-refractivity contribution is 6.36. The number of benzene rings is 2. The molecule has 6 N–H and O–H groups in total. The van der Waals surface area contributed by atoms with Gasteiger partial charge in [0.15, 0.2) is 5.82 Å². The van der Waals surface area contributed by atoms with Crippen molar-refractivity contribution in [1.82, 2.24) is 25.4 Å². The summed E-state index contributed by atoms with van der Waals surface area (Å²) in [6.07, 6.45) is 4.30. The van der Waals surface area contributed by atoms with Gasteiger partial charge in [-0.3, -0.25) is 14.7 Å². The number of fused-ring (bicyclic) bond motifs is 2. The number of likely N-dealkylation sites (tertiary alicyclic amines) is 1. The topological polar surface area (TPSA) is 132 Å². The lowest BCUT2D eigenvalue weighted by Crippen LogP contribution is -2.33. The number of carbonyl (C=O) groups is 2. The van der Waals surface area contributed by atoms with E-state index in [4.69, 9.17) is 5.73 Å². The van der Waals surface area contributed by atoms with Crippen molar-refractivity contribution in [2.24, 2.45) is 0 Å². The molecule has 0 atom stereocenters. The van der Waals surface area contributed by atoms with Gasteiger partial charge < -0.3 is 26.3 Å². The summed E-state index contributed by atoms with van der Waals surface area (Å²) in [6.45, 7) is 7.49. The summed E-state index contributed by atoms with van der Waals surface area (Å²) in [5, 5.41) is 13.9. The van der Waals surface area contributed by atoms with Crippen LogP contribution in [0.4, 0.5) is 11.5 Å². The molecule has 4 heterocycles. The number of rotatable bonds is 6. The largest absolute Gasteiger partial charge is 0.382 e. The second-order valence-electron chi connectivity index (χ2n) is 10.1. The maximum absolute atomic E-state index is 13.1. The van der Waals surface area contributed by atoms with E-state index in [1.165, 1.54) is 12.8 Å². The van der Waals surface area contributed by atoms with E-state index in [0.717, 1.165) is 69.9 Å². The van der Waals surface area contributed by atoms with Crippen LogP contribution in [0.5, 0.6) is 0 Å². The molecule has 1 fully saturated rings. The fourth-order valence-corrected chi connectivity index (χ4v) is 5.66. The molecule has 2 amide bonds. The van der Waals surface area contributed by atoms with Gasteiger partial charge in [0.1, 0.15) is 0 Å². The number of nitrogens with two attached hydrogens (primary N) is 1. The van der Waals surface area contributed by atoms with Gasteiger partial charge in [-0.1, -0.05) is 18.2 Å². The summed E-state index contributed by atoms with van der Waals surface area (Å²) >= 11 is 0. The molecule has 194 valence electrons. The highest BCUT2D eigenvalue weighted by atomic mass is 16.2. The van der Waals surface area contributed by atoms with Crippen molar-refractivity contribution < 1.29 is 9.59 Å². The number of aromatic amines is 2. The molecule has 2 aliphatic rings. The van der Waals surface area contributed by atoms with Gasteiger partial charge >= 0.3 is 0 Å². The molecule has 1 saturated heterocycles. The van der Waals surface area contributed by atoms with E-state index < -0.39 is 0 Å². The van der Waals surface area contributed by atoms with Crippen LogP contribution in [0.15, 0.2) is 36.4 Å². The van der Waals surface area contributed by atoms with Gasteiger partial charge in [-0.25, -0.2) is 0 Å². The highest BCUT2D eigenvalue weighted by Gasteiger charge is 2.28. The van der Waals surface area contributed by atoms with E-state index in [-0.39, 0.29) is 11.8 Å². The fraction of sp³-hybridized carbons (Fsp3) is 0.276. The van der Waals surface area contributed by atoms with Crippen LogP contribution in [0.2, 0.25) is 0 Å². The lowest BCUT2D eigenvalue weighted by atomic mass is 9.93. The van der Waals surface area contributed by atoms with E-state index >= 15 is 0 Å². The zero-order valence-corrected chi connectivity index (χ0v) is 21.6. The highest BCUT2D eigenvalue weighted by Crippen LogP contribution is 2.41. The molecule has 0 saturated carbocycles. The zero-order valence-electron chi connectivity index (χ0n) is 21.6. The molecular weight excluding hydrogens is 478 g/mol. The molecule has 4 aromatic rings. The number of hydrogen-bond donors (Lipinski definition) is 5. The van der Waals surface area contributed by atoms with Gasteiger partial charge in [-0.05, 0) is 80.7 Å². The first-order valence-corrected chi connectivity index (χ1v) is 13.0. The van der Waals surface area contributed by atoms with Crippen LogP contribution in [0.1, 0.15) is 45.7 Å². The minimum atomic E-state index is -0.181. The van der Waals surface area contributed by atoms with Crippen molar-refractivity contribution in [2.45, 2.75) is 26.7 Å². The molecule has 0 spiro atoms. The van der Waals surface area contributed by atoms with Gasteiger partial charge in [-0.15, -0.1) is 0 Å². The quantitative estimate of drug-likeness (QED) is 0.250. The first kappa shape index (κ1) is 24.0. The standard InChI is InChI=1S/C29H31N7O2/c1-16-24(32-17(2)25(16)29(38)31-10-13-36-11-3-4-12-36)15-21-26-19(6-5-7-23(26)33-28(21)37)18-8-9-22-20(14-18)27(30)35-34-22/h5-9,14-15,32H,3-4,10-13H2,1-2H3,(H,31,38)(H,33,37)(H3,30,34,35)/b21-15-. The van der Waals surface area contributed by atoms with E-state index in [9.17, 15) is 9.59 Å². The second kappa shape index (κ2) is 9.50. The first-order valence-electron chi connectivity index (χ1n) is 13.0. The number of aryl methyl sites for hydroxylation is 1. The van der Waals surface area contributed by atoms with Crippen LogP contribution in [0.25, 0.3) is 33.7 Å². The summed E-state index contributed by atoms with van der Waals surface area (Å²) < 4.78 is 0. The van der Waals surface area contributed by atoms with E-state index in [1.54, 1.807) is 0 Å². The maximum atomic E-state index is 13.1. The summed E-state index contributed by atoms with van der Waals surface area (Å²) in [4.78, 5) is 31.9. The van der Waals surface area contributed by atoms with Crippen molar-refractivity contribution in [3.8, 4) is 11.1 Å². The van der Waals surface area contributed by atoms with E-state index in [2.05, 4.69) is 30.7 Å². The SMILES string of the molecule is Cc1[nH]c(/C=C2\C(=O)Nc3cccc(-c4ccc5[nH]nc(N)c5c4)c32)c(C)c1C(=O)NCCN1CCCC1. The Balaban J connectivity index is 1.33. The predicted molar refractivity (Wildman–Crippen MR) is 151 cm³/mol. The molecule has 38 heavy (non-hydrogen) atoms. The van der Waals surface area contributed by atoms with Crippen molar-refractivity contribution in [2.75, 3.05) is 37.2 Å². The second-order valence-corrected chi connectivity index (χ2v) is 10.1. The Morgan fingerprint density at radius 2 is 2.00 bits per heavy atom. The molecule has 9 heteroatoms. The number of nitrogens with one attached hydrogen (secondary N) is 4. The zero-order chi connectivity index (χ0) is 26.4. The molecule has 6 rings (SSSR count). The van der Waals surface area contributed by atoms with Crippen LogP contribution in [0, 0.1) is 13.8 Å². The minimum Gasteiger partial charge on any atom is -0.382 e.